The van der Waals surface area contributed by atoms with Crippen LogP contribution in [0.4, 0.5) is 15.8 Å². The number of carbonyl (C=O) groups is 1. The molecule has 3 N–H and O–H groups in total. The maximum atomic E-state index is 13.7. The van der Waals surface area contributed by atoms with E-state index in [1.54, 1.807) is 6.07 Å². The molecule has 2 aromatic carbocycles. The Kier molecular flexibility index (Phi) is 5.63. The Hall–Kier alpha value is -2.44. The highest BCUT2D eigenvalue weighted by Gasteiger charge is 2.19. The molecule has 0 aliphatic carbocycles. The highest BCUT2D eigenvalue weighted by molar-refractivity contribution is 5.97. The van der Waals surface area contributed by atoms with Gasteiger partial charge in [-0.05, 0) is 30.2 Å². The molecule has 25 heavy (non-hydrogen) atoms. The minimum atomic E-state index is -0.705. The highest BCUT2D eigenvalue weighted by atomic mass is 19.1. The molecule has 0 saturated carbocycles. The Morgan fingerprint density at radius 2 is 1.92 bits per heavy atom. The quantitative estimate of drug-likeness (QED) is 0.873. The zero-order valence-electron chi connectivity index (χ0n) is 14.0. The second kappa shape index (κ2) is 8.09. The van der Waals surface area contributed by atoms with Gasteiger partial charge in [0.15, 0.2) is 0 Å². The predicted octanol–water partition coefficient (Wildman–Crippen LogP) is 2.17. The molecule has 1 amide bonds. The number of nitrogens with zero attached hydrogens (tertiary/aromatic N) is 1. The molecule has 1 unspecified atom stereocenters. The second-order valence-corrected chi connectivity index (χ2v) is 6.05. The van der Waals surface area contributed by atoms with Crippen LogP contribution in [0.15, 0.2) is 48.5 Å². The second-order valence-electron chi connectivity index (χ2n) is 6.05. The van der Waals surface area contributed by atoms with E-state index in [0.717, 1.165) is 11.3 Å². The summed E-state index contributed by atoms with van der Waals surface area (Å²) in [6.45, 7) is 2.62. The van der Waals surface area contributed by atoms with E-state index in [2.05, 4.69) is 10.2 Å². The number of carbonyl (C=O) groups excluding carboxylic acids is 1. The van der Waals surface area contributed by atoms with Crippen molar-refractivity contribution in [1.29, 1.82) is 0 Å². The molecule has 0 bridgehead atoms. The van der Waals surface area contributed by atoms with Gasteiger partial charge in [-0.1, -0.05) is 30.3 Å². The van der Waals surface area contributed by atoms with Gasteiger partial charge in [-0.15, -0.1) is 0 Å². The first-order valence-corrected chi connectivity index (χ1v) is 8.36. The molecule has 1 heterocycles. The molecule has 132 valence electrons. The van der Waals surface area contributed by atoms with Gasteiger partial charge in [-0.3, -0.25) is 4.79 Å². The number of amides is 1. The van der Waals surface area contributed by atoms with Crippen LogP contribution in [-0.2, 0) is 16.0 Å². The molecule has 0 aromatic heterocycles. The van der Waals surface area contributed by atoms with E-state index in [1.807, 2.05) is 30.3 Å². The van der Waals surface area contributed by atoms with E-state index in [-0.39, 0.29) is 5.91 Å². The summed E-state index contributed by atoms with van der Waals surface area (Å²) in [6, 6.07) is 13.3. The Labute approximate surface area is 146 Å². The Morgan fingerprint density at radius 1 is 1.20 bits per heavy atom. The topological polar surface area (TPSA) is 67.6 Å². The number of halogens is 1. The van der Waals surface area contributed by atoms with E-state index in [0.29, 0.717) is 38.4 Å². The van der Waals surface area contributed by atoms with Crippen LogP contribution in [0.5, 0.6) is 0 Å². The average molecular weight is 343 g/mol. The summed E-state index contributed by atoms with van der Waals surface area (Å²) >= 11 is 0. The minimum absolute atomic E-state index is 0.330. The number of morpholine rings is 1. The van der Waals surface area contributed by atoms with Crippen molar-refractivity contribution in [3.05, 3.63) is 59.9 Å². The van der Waals surface area contributed by atoms with Crippen LogP contribution in [0.2, 0.25) is 0 Å². The summed E-state index contributed by atoms with van der Waals surface area (Å²) in [5.74, 6) is -0.729. The van der Waals surface area contributed by atoms with Crippen LogP contribution in [0, 0.1) is 5.82 Å². The van der Waals surface area contributed by atoms with Crippen LogP contribution in [0.3, 0.4) is 0 Å². The molecule has 1 aliphatic rings. The van der Waals surface area contributed by atoms with Gasteiger partial charge < -0.3 is 20.7 Å². The third-order valence-corrected chi connectivity index (χ3v) is 4.20. The lowest BCUT2D eigenvalue weighted by Gasteiger charge is -2.30. The molecule has 2 aromatic rings. The van der Waals surface area contributed by atoms with E-state index in [4.69, 9.17) is 10.5 Å². The van der Waals surface area contributed by atoms with Crippen molar-refractivity contribution in [2.75, 3.05) is 36.5 Å². The van der Waals surface area contributed by atoms with Gasteiger partial charge >= 0.3 is 0 Å². The summed E-state index contributed by atoms with van der Waals surface area (Å²) in [7, 11) is 0. The molecule has 0 radical (unpaired) electrons. The van der Waals surface area contributed by atoms with Crippen molar-refractivity contribution in [2.24, 2.45) is 5.73 Å². The maximum Gasteiger partial charge on any atom is 0.241 e. The number of hydrogen-bond acceptors (Lipinski definition) is 4. The third-order valence-electron chi connectivity index (χ3n) is 4.20. The van der Waals surface area contributed by atoms with E-state index in [1.165, 1.54) is 12.1 Å². The summed E-state index contributed by atoms with van der Waals surface area (Å²) in [5, 5.41) is 2.78. The van der Waals surface area contributed by atoms with Gasteiger partial charge in [-0.2, -0.15) is 0 Å². The van der Waals surface area contributed by atoms with Crippen LogP contribution in [0.25, 0.3) is 0 Å². The lowest BCUT2D eigenvalue weighted by molar-refractivity contribution is -0.117. The molecule has 5 nitrogen and oxygen atoms in total. The first-order valence-electron chi connectivity index (χ1n) is 8.36. The molecular formula is C19H22FN3O2. The minimum Gasteiger partial charge on any atom is -0.378 e. The summed E-state index contributed by atoms with van der Waals surface area (Å²) in [4.78, 5) is 14.5. The molecule has 6 heteroatoms. The third kappa shape index (κ3) is 4.55. The van der Waals surface area contributed by atoms with Crippen molar-refractivity contribution in [3.8, 4) is 0 Å². The normalized spacial score (nSPS) is 15.7. The van der Waals surface area contributed by atoms with Crippen LogP contribution in [0.1, 0.15) is 5.56 Å². The largest absolute Gasteiger partial charge is 0.378 e. The molecule has 1 aliphatic heterocycles. The SMILES string of the molecule is NC(Cc1ccccc1)C(=O)Nc1cc(F)ccc1N1CCOCC1. The first-order chi connectivity index (χ1) is 12.1. The molecule has 1 saturated heterocycles. The number of anilines is 2. The number of benzene rings is 2. The van der Waals surface area contributed by atoms with Gasteiger partial charge in [0.2, 0.25) is 5.91 Å². The number of nitrogens with one attached hydrogen (secondary N) is 1. The monoisotopic (exact) mass is 343 g/mol. The first kappa shape index (κ1) is 17.4. The van der Waals surface area contributed by atoms with Crippen molar-refractivity contribution in [3.63, 3.8) is 0 Å². The predicted molar refractivity (Wildman–Crippen MR) is 96.2 cm³/mol. The number of hydrogen-bond donors (Lipinski definition) is 2. The zero-order valence-corrected chi connectivity index (χ0v) is 14.0. The Balaban J connectivity index is 1.72. The van der Waals surface area contributed by atoms with Gasteiger partial charge in [-0.25, -0.2) is 4.39 Å². The van der Waals surface area contributed by atoms with E-state index in [9.17, 15) is 9.18 Å². The zero-order chi connectivity index (χ0) is 17.6. The average Bonchev–Trinajstić information content (AvgIpc) is 2.63. The number of rotatable bonds is 5. The Bertz CT molecular complexity index is 718. The molecular weight excluding hydrogens is 321 g/mol. The molecule has 1 atom stereocenters. The standard InChI is InChI=1S/C19H22FN3O2/c20-15-6-7-18(23-8-10-25-11-9-23)17(13-15)22-19(24)16(21)12-14-4-2-1-3-5-14/h1-7,13,16H,8-12,21H2,(H,22,24). The molecule has 3 rings (SSSR count). The van der Waals surface area contributed by atoms with Gasteiger partial charge in [0, 0.05) is 13.1 Å². The van der Waals surface area contributed by atoms with E-state index < -0.39 is 11.9 Å². The van der Waals surface area contributed by atoms with Crippen LogP contribution >= 0.6 is 0 Å². The molecule has 1 fully saturated rings. The van der Waals surface area contributed by atoms with Gasteiger partial charge in [0.1, 0.15) is 5.82 Å². The van der Waals surface area contributed by atoms with Crippen molar-refractivity contribution in [1.82, 2.24) is 0 Å². The lowest BCUT2D eigenvalue weighted by Crippen LogP contribution is -2.39. The lowest BCUT2D eigenvalue weighted by atomic mass is 10.1. The maximum absolute atomic E-state index is 13.7. The summed E-state index contributed by atoms with van der Waals surface area (Å²) in [6.07, 6.45) is 0.425. The fraction of sp³-hybridized carbons (Fsp3) is 0.316. The Morgan fingerprint density at radius 3 is 2.64 bits per heavy atom. The fourth-order valence-electron chi connectivity index (χ4n) is 2.87. The van der Waals surface area contributed by atoms with Crippen molar-refractivity contribution < 1.29 is 13.9 Å². The summed E-state index contributed by atoms with van der Waals surface area (Å²) in [5.41, 5.74) is 8.23. The number of nitrogens with two attached hydrogens (primary N) is 1. The van der Waals surface area contributed by atoms with Crippen molar-refractivity contribution in [2.45, 2.75) is 12.5 Å². The van der Waals surface area contributed by atoms with Gasteiger partial charge in [0.05, 0.1) is 30.6 Å². The van der Waals surface area contributed by atoms with Crippen molar-refractivity contribution >= 4 is 17.3 Å². The van der Waals surface area contributed by atoms with Crippen LogP contribution < -0.4 is 16.0 Å². The number of ether oxygens (including phenoxy) is 1. The molecule has 0 spiro atoms. The van der Waals surface area contributed by atoms with Gasteiger partial charge in [0.25, 0.3) is 0 Å². The summed E-state index contributed by atoms with van der Waals surface area (Å²) < 4.78 is 19.0. The van der Waals surface area contributed by atoms with Crippen LogP contribution in [-0.4, -0.2) is 38.3 Å². The van der Waals surface area contributed by atoms with E-state index >= 15 is 0 Å². The highest BCUT2D eigenvalue weighted by Crippen LogP contribution is 2.27. The smallest absolute Gasteiger partial charge is 0.241 e. The fourth-order valence-corrected chi connectivity index (χ4v) is 2.87.